The molecule has 4 aromatic rings. The van der Waals surface area contributed by atoms with Crippen LogP contribution in [0.15, 0.2) is 48.7 Å². The Labute approximate surface area is 205 Å². The monoisotopic (exact) mass is 498 g/mol. The van der Waals surface area contributed by atoms with Crippen molar-refractivity contribution >= 4 is 27.8 Å². The van der Waals surface area contributed by atoms with E-state index in [2.05, 4.69) is 15.0 Å². The van der Waals surface area contributed by atoms with E-state index < -0.39 is 18.0 Å². The van der Waals surface area contributed by atoms with Crippen molar-refractivity contribution in [3.8, 4) is 0 Å². The lowest BCUT2D eigenvalue weighted by molar-refractivity contribution is -0.166. The predicted molar refractivity (Wildman–Crippen MR) is 129 cm³/mol. The molecule has 5 rings (SSSR count). The number of halogens is 4. The number of carbonyl (C=O) groups is 1. The van der Waals surface area contributed by atoms with Gasteiger partial charge in [-0.25, -0.2) is 9.37 Å². The topological polar surface area (TPSA) is 61.9 Å². The summed E-state index contributed by atoms with van der Waals surface area (Å²) in [7, 11) is 3.23. The van der Waals surface area contributed by atoms with E-state index in [1.165, 1.54) is 23.1 Å². The Hall–Kier alpha value is -3.49. The quantitative estimate of drug-likeness (QED) is 0.324. The number of aromatic amines is 1. The number of carbonyl (C=O) groups excluding carboxylic acids is 1. The highest BCUT2D eigenvalue weighted by Crippen LogP contribution is 2.48. The highest BCUT2D eigenvalue weighted by atomic mass is 19.4. The Balaban J connectivity index is 1.41. The average molecular weight is 499 g/mol. The maximum Gasteiger partial charge on any atom is 0.399 e. The molecule has 36 heavy (non-hydrogen) atoms. The van der Waals surface area contributed by atoms with Crippen LogP contribution in [0.25, 0.3) is 21.9 Å². The van der Waals surface area contributed by atoms with Gasteiger partial charge in [-0.1, -0.05) is 0 Å². The van der Waals surface area contributed by atoms with Gasteiger partial charge < -0.3 is 9.88 Å². The van der Waals surface area contributed by atoms with Crippen molar-refractivity contribution in [2.24, 2.45) is 5.92 Å². The van der Waals surface area contributed by atoms with Crippen molar-refractivity contribution in [1.29, 1.82) is 0 Å². The summed E-state index contributed by atoms with van der Waals surface area (Å²) in [5.74, 6) is -3.04. The lowest BCUT2D eigenvalue weighted by Gasteiger charge is -2.34. The van der Waals surface area contributed by atoms with Crippen LogP contribution in [0.3, 0.4) is 0 Å². The molecule has 1 fully saturated rings. The van der Waals surface area contributed by atoms with Gasteiger partial charge in [-0.15, -0.1) is 0 Å². The number of rotatable bonds is 4. The molecule has 1 N–H and O–H groups in total. The van der Waals surface area contributed by atoms with Gasteiger partial charge >= 0.3 is 6.18 Å². The molecule has 1 aliphatic rings. The molecular formula is C27H26F4N4O. The van der Waals surface area contributed by atoms with Crippen molar-refractivity contribution < 1.29 is 22.4 Å². The lowest BCUT2D eigenvalue weighted by Crippen LogP contribution is -2.31. The van der Waals surface area contributed by atoms with Crippen LogP contribution < -0.4 is 0 Å². The minimum Gasteiger partial charge on any atom is -0.345 e. The molecule has 5 nitrogen and oxygen atoms in total. The largest absolute Gasteiger partial charge is 0.399 e. The second-order valence-electron chi connectivity index (χ2n) is 9.75. The van der Waals surface area contributed by atoms with E-state index in [9.17, 15) is 22.4 Å². The lowest BCUT2D eigenvalue weighted by atomic mass is 9.73. The molecule has 2 heterocycles. The Morgan fingerprint density at radius 3 is 2.47 bits per heavy atom. The second-order valence-corrected chi connectivity index (χ2v) is 9.75. The molecular weight excluding hydrogens is 472 g/mol. The summed E-state index contributed by atoms with van der Waals surface area (Å²) in [5, 5.41) is 0.716. The van der Waals surface area contributed by atoms with Gasteiger partial charge in [0, 0.05) is 31.2 Å². The maximum atomic E-state index is 14.3. The molecule has 1 saturated carbocycles. The van der Waals surface area contributed by atoms with Crippen LogP contribution >= 0.6 is 0 Å². The molecule has 9 heteroatoms. The zero-order chi connectivity index (χ0) is 25.6. The van der Waals surface area contributed by atoms with Gasteiger partial charge in [-0.3, -0.25) is 9.78 Å². The van der Waals surface area contributed by atoms with Crippen LogP contribution in [-0.4, -0.2) is 46.0 Å². The molecule has 0 spiro atoms. The molecule has 0 radical (unpaired) electrons. The normalized spacial score (nSPS) is 19.5. The molecule has 188 valence electrons. The van der Waals surface area contributed by atoms with Crippen molar-refractivity contribution in [1.82, 2.24) is 19.9 Å². The maximum absolute atomic E-state index is 14.3. The summed E-state index contributed by atoms with van der Waals surface area (Å²) in [6.07, 6.45) is -0.933. The summed E-state index contributed by atoms with van der Waals surface area (Å²) < 4.78 is 56.9. The van der Waals surface area contributed by atoms with E-state index >= 15 is 0 Å². The van der Waals surface area contributed by atoms with Gasteiger partial charge in [0.15, 0.2) is 0 Å². The summed E-state index contributed by atoms with van der Waals surface area (Å²) >= 11 is 0. The number of imidazole rings is 1. The predicted octanol–water partition coefficient (Wildman–Crippen LogP) is 6.57. The van der Waals surface area contributed by atoms with Crippen LogP contribution in [0.5, 0.6) is 0 Å². The number of amides is 1. The van der Waals surface area contributed by atoms with Gasteiger partial charge in [0.1, 0.15) is 17.6 Å². The Morgan fingerprint density at radius 1 is 1.03 bits per heavy atom. The van der Waals surface area contributed by atoms with E-state index in [-0.39, 0.29) is 23.5 Å². The van der Waals surface area contributed by atoms with Gasteiger partial charge in [0.2, 0.25) is 0 Å². The number of hydrogen-bond acceptors (Lipinski definition) is 3. The fraction of sp³-hybridized carbons (Fsp3) is 0.370. The number of H-pyrrole nitrogens is 1. The third-order valence-corrected chi connectivity index (χ3v) is 7.22. The van der Waals surface area contributed by atoms with Crippen LogP contribution in [0.1, 0.15) is 59.3 Å². The molecule has 2 aromatic carbocycles. The number of fused-ring (bicyclic) bond motifs is 2. The van der Waals surface area contributed by atoms with Crippen molar-refractivity contribution in [2.75, 3.05) is 14.1 Å². The number of nitrogens with zero attached hydrogens (tertiary/aromatic N) is 3. The van der Waals surface area contributed by atoms with E-state index in [0.717, 1.165) is 5.56 Å². The van der Waals surface area contributed by atoms with Crippen molar-refractivity contribution in [3.05, 3.63) is 71.4 Å². The first-order valence-corrected chi connectivity index (χ1v) is 11.9. The third kappa shape index (κ3) is 4.54. The van der Waals surface area contributed by atoms with Gasteiger partial charge in [0.25, 0.3) is 5.91 Å². The summed E-state index contributed by atoms with van der Waals surface area (Å²) in [6.45, 7) is 0. The van der Waals surface area contributed by atoms with Gasteiger partial charge in [0.05, 0.1) is 16.6 Å². The SMILES string of the molecule is CN(C)C(=O)c1ccc2[nH]c([C@@H](C3CCC(c4ccnc5ccc(F)cc45)CC3)C(F)(F)F)nc2c1. The minimum absolute atomic E-state index is 0.0395. The average Bonchev–Trinajstić information content (AvgIpc) is 3.25. The Bertz CT molecular complexity index is 1420. The smallest absolute Gasteiger partial charge is 0.345 e. The third-order valence-electron chi connectivity index (χ3n) is 7.22. The summed E-state index contributed by atoms with van der Waals surface area (Å²) in [4.78, 5) is 25.1. The molecule has 0 saturated heterocycles. The van der Waals surface area contributed by atoms with E-state index in [1.54, 1.807) is 38.5 Å². The van der Waals surface area contributed by atoms with Crippen LogP contribution in [-0.2, 0) is 0 Å². The Morgan fingerprint density at radius 2 is 1.78 bits per heavy atom. The first-order chi connectivity index (χ1) is 17.1. The number of pyridine rings is 1. The van der Waals surface area contributed by atoms with Crippen molar-refractivity contribution in [2.45, 2.75) is 43.7 Å². The number of nitrogens with one attached hydrogen (secondary N) is 1. The number of benzene rings is 2. The van der Waals surface area contributed by atoms with E-state index in [4.69, 9.17) is 0 Å². The van der Waals surface area contributed by atoms with Crippen LogP contribution in [0.2, 0.25) is 0 Å². The number of aromatic nitrogens is 3. The number of alkyl halides is 3. The minimum atomic E-state index is -4.47. The van der Waals surface area contributed by atoms with Gasteiger partial charge in [-0.05, 0) is 85.5 Å². The fourth-order valence-electron chi connectivity index (χ4n) is 5.47. The molecule has 0 bridgehead atoms. The molecule has 2 aromatic heterocycles. The summed E-state index contributed by atoms with van der Waals surface area (Å²) in [6, 6.07) is 11.0. The first-order valence-electron chi connectivity index (χ1n) is 11.9. The van der Waals surface area contributed by atoms with Crippen LogP contribution in [0, 0.1) is 11.7 Å². The second kappa shape index (κ2) is 9.19. The highest BCUT2D eigenvalue weighted by Gasteiger charge is 2.48. The van der Waals surface area contributed by atoms with Gasteiger partial charge in [-0.2, -0.15) is 13.2 Å². The highest BCUT2D eigenvalue weighted by molar-refractivity contribution is 5.97. The Kier molecular flexibility index (Phi) is 6.18. The zero-order valence-corrected chi connectivity index (χ0v) is 19.9. The molecule has 0 aliphatic heterocycles. The fourth-order valence-corrected chi connectivity index (χ4v) is 5.47. The van der Waals surface area contributed by atoms with Crippen molar-refractivity contribution in [3.63, 3.8) is 0 Å². The number of hydrogen-bond donors (Lipinski definition) is 1. The van der Waals surface area contributed by atoms with Crippen LogP contribution in [0.4, 0.5) is 17.6 Å². The molecule has 1 atom stereocenters. The summed E-state index contributed by atoms with van der Waals surface area (Å²) in [5.41, 5.74) is 2.79. The molecule has 1 amide bonds. The standard InChI is InChI=1S/C27H26F4N4O/c1-35(2)26(36)17-7-9-22-23(13-17)34-25(33-22)24(27(29,30)31)16-5-3-15(4-6-16)19-11-12-32-21-10-8-18(28)14-20(19)21/h7-16,24H,3-6H2,1-2H3,(H,33,34)/t15?,16?,24-/m1/s1. The zero-order valence-electron chi connectivity index (χ0n) is 19.9. The molecule has 1 aliphatic carbocycles. The van der Waals surface area contributed by atoms with E-state index in [0.29, 0.717) is 53.2 Å². The van der Waals surface area contributed by atoms with E-state index in [1.807, 2.05) is 6.07 Å². The molecule has 0 unspecified atom stereocenters. The first kappa shape index (κ1) is 24.2.